The van der Waals surface area contributed by atoms with E-state index < -0.39 is 5.97 Å². The molecule has 6 nitrogen and oxygen atoms in total. The predicted molar refractivity (Wildman–Crippen MR) is 66.0 cm³/mol. The maximum absolute atomic E-state index is 11.4. The van der Waals surface area contributed by atoms with Gasteiger partial charge >= 0.3 is 5.97 Å². The van der Waals surface area contributed by atoms with Gasteiger partial charge in [0.15, 0.2) is 0 Å². The average molecular weight is 253 g/mol. The summed E-state index contributed by atoms with van der Waals surface area (Å²) in [6.07, 6.45) is 5.95. The van der Waals surface area contributed by atoms with Gasteiger partial charge in [0.25, 0.3) is 0 Å². The van der Waals surface area contributed by atoms with Gasteiger partial charge in [-0.25, -0.2) is 4.98 Å². The highest BCUT2D eigenvalue weighted by Crippen LogP contribution is 2.00. The van der Waals surface area contributed by atoms with Gasteiger partial charge in [-0.15, -0.1) is 0 Å². The molecule has 0 spiro atoms. The number of hydrogen-bond acceptors (Lipinski definition) is 3. The Hall–Kier alpha value is -1.85. The highest BCUT2D eigenvalue weighted by molar-refractivity contribution is 5.75. The average Bonchev–Trinajstić information content (AvgIpc) is 2.70. The zero-order valence-electron chi connectivity index (χ0n) is 10.6. The van der Waals surface area contributed by atoms with E-state index in [-0.39, 0.29) is 12.3 Å². The molecule has 6 heteroatoms. The maximum atomic E-state index is 11.4. The predicted octanol–water partition coefficient (Wildman–Crippen LogP) is 0.724. The molecule has 1 aromatic heterocycles. The van der Waals surface area contributed by atoms with Crippen LogP contribution >= 0.6 is 0 Å². The van der Waals surface area contributed by atoms with E-state index in [1.54, 1.807) is 6.20 Å². The highest BCUT2D eigenvalue weighted by atomic mass is 16.4. The summed E-state index contributed by atoms with van der Waals surface area (Å²) in [5, 5.41) is 11.2. The second-order valence-electron chi connectivity index (χ2n) is 4.16. The molecule has 100 valence electrons. The number of carbonyl (C=O) groups excluding carboxylic acids is 1. The molecule has 0 aliphatic rings. The van der Waals surface area contributed by atoms with Crippen LogP contribution in [-0.2, 0) is 23.1 Å². The number of nitrogens with one attached hydrogen (secondary N) is 1. The minimum Gasteiger partial charge on any atom is -0.481 e. The number of carboxylic acids is 1. The first-order chi connectivity index (χ1) is 8.59. The minimum atomic E-state index is -0.815. The van der Waals surface area contributed by atoms with Gasteiger partial charge in [0.2, 0.25) is 5.91 Å². The number of nitrogens with zero attached hydrogens (tertiary/aromatic N) is 2. The first kappa shape index (κ1) is 14.2. The van der Waals surface area contributed by atoms with Gasteiger partial charge in [-0.05, 0) is 12.8 Å². The van der Waals surface area contributed by atoms with Gasteiger partial charge in [0.1, 0.15) is 5.82 Å². The van der Waals surface area contributed by atoms with E-state index in [1.807, 2.05) is 17.8 Å². The fraction of sp³-hybridized carbons (Fsp3) is 0.583. The SMILES string of the molecule is Cn1ccnc1CCNC(=O)CCCCC(=O)O. The molecule has 0 saturated carbocycles. The van der Waals surface area contributed by atoms with E-state index in [0.29, 0.717) is 32.2 Å². The fourth-order valence-corrected chi connectivity index (χ4v) is 1.60. The van der Waals surface area contributed by atoms with Crippen LogP contribution in [-0.4, -0.2) is 33.1 Å². The van der Waals surface area contributed by atoms with Crippen molar-refractivity contribution >= 4 is 11.9 Å². The largest absolute Gasteiger partial charge is 0.481 e. The van der Waals surface area contributed by atoms with Crippen molar-refractivity contribution in [2.75, 3.05) is 6.54 Å². The van der Waals surface area contributed by atoms with Gasteiger partial charge in [-0.2, -0.15) is 0 Å². The van der Waals surface area contributed by atoms with Gasteiger partial charge in [-0.3, -0.25) is 9.59 Å². The van der Waals surface area contributed by atoms with Crippen molar-refractivity contribution in [3.05, 3.63) is 18.2 Å². The minimum absolute atomic E-state index is 0.0328. The molecule has 0 aromatic carbocycles. The number of rotatable bonds is 8. The number of amides is 1. The summed E-state index contributed by atoms with van der Waals surface area (Å²) < 4.78 is 1.92. The topological polar surface area (TPSA) is 84.2 Å². The van der Waals surface area contributed by atoms with Crippen molar-refractivity contribution in [1.29, 1.82) is 0 Å². The Balaban J connectivity index is 2.07. The lowest BCUT2D eigenvalue weighted by Crippen LogP contribution is -2.26. The first-order valence-electron chi connectivity index (χ1n) is 6.04. The standard InChI is InChI=1S/C12H19N3O3/c1-15-9-8-13-10(15)6-7-14-11(16)4-2-3-5-12(17)18/h8-9H,2-7H2,1H3,(H,14,16)(H,17,18). The quantitative estimate of drug-likeness (QED) is 0.669. The van der Waals surface area contributed by atoms with Crippen LogP contribution in [0.5, 0.6) is 0 Å². The number of imidazole rings is 1. The van der Waals surface area contributed by atoms with Gasteiger partial charge in [0, 0.05) is 45.2 Å². The normalized spacial score (nSPS) is 10.3. The lowest BCUT2D eigenvalue weighted by atomic mass is 10.2. The lowest BCUT2D eigenvalue weighted by molar-refractivity contribution is -0.137. The van der Waals surface area contributed by atoms with Crippen LogP contribution in [0.25, 0.3) is 0 Å². The van der Waals surface area contributed by atoms with Crippen molar-refractivity contribution in [3.8, 4) is 0 Å². The number of unbranched alkanes of at least 4 members (excludes halogenated alkanes) is 1. The summed E-state index contributed by atoms with van der Waals surface area (Å²) in [5.41, 5.74) is 0. The van der Waals surface area contributed by atoms with E-state index in [9.17, 15) is 9.59 Å². The van der Waals surface area contributed by atoms with Crippen molar-refractivity contribution in [1.82, 2.24) is 14.9 Å². The van der Waals surface area contributed by atoms with Crippen molar-refractivity contribution in [2.24, 2.45) is 7.05 Å². The van der Waals surface area contributed by atoms with E-state index in [1.165, 1.54) is 0 Å². The zero-order valence-corrected chi connectivity index (χ0v) is 10.6. The summed E-state index contributed by atoms with van der Waals surface area (Å²) in [4.78, 5) is 25.8. The molecule has 0 unspecified atom stereocenters. The summed E-state index contributed by atoms with van der Waals surface area (Å²) in [6, 6.07) is 0. The fourth-order valence-electron chi connectivity index (χ4n) is 1.60. The number of aliphatic carboxylic acids is 1. The Labute approximate surface area is 106 Å². The summed E-state index contributed by atoms with van der Waals surface area (Å²) in [6.45, 7) is 0.558. The Morgan fingerprint density at radius 3 is 2.72 bits per heavy atom. The smallest absolute Gasteiger partial charge is 0.303 e. The third kappa shape index (κ3) is 5.47. The van der Waals surface area contributed by atoms with E-state index in [0.717, 1.165) is 5.82 Å². The molecule has 0 fully saturated rings. The third-order valence-electron chi connectivity index (χ3n) is 2.64. The lowest BCUT2D eigenvalue weighted by Gasteiger charge is -2.05. The van der Waals surface area contributed by atoms with Crippen molar-refractivity contribution in [3.63, 3.8) is 0 Å². The van der Waals surface area contributed by atoms with Crippen molar-refractivity contribution < 1.29 is 14.7 Å². The molecular formula is C12H19N3O3. The number of carbonyl (C=O) groups is 2. The second kappa shape index (κ2) is 7.47. The number of aromatic nitrogens is 2. The Morgan fingerprint density at radius 1 is 1.39 bits per heavy atom. The monoisotopic (exact) mass is 253 g/mol. The molecule has 1 amide bonds. The molecule has 18 heavy (non-hydrogen) atoms. The summed E-state index contributed by atoms with van der Waals surface area (Å²) in [7, 11) is 1.91. The molecule has 1 rings (SSSR count). The number of hydrogen-bond donors (Lipinski definition) is 2. The number of aryl methyl sites for hydroxylation is 1. The van der Waals surface area contributed by atoms with Crippen molar-refractivity contribution in [2.45, 2.75) is 32.1 Å². The van der Waals surface area contributed by atoms with Crippen LogP contribution in [0.3, 0.4) is 0 Å². The first-order valence-corrected chi connectivity index (χ1v) is 6.04. The molecule has 0 saturated heterocycles. The Bertz CT molecular complexity index is 401. The van der Waals surface area contributed by atoms with Gasteiger partial charge in [0.05, 0.1) is 0 Å². The number of carboxylic acid groups (broad SMARTS) is 1. The molecule has 0 aliphatic heterocycles. The molecule has 1 aromatic rings. The molecular weight excluding hydrogens is 234 g/mol. The van der Waals surface area contributed by atoms with Gasteiger partial charge in [-0.1, -0.05) is 0 Å². The van der Waals surface area contributed by atoms with Crippen LogP contribution in [0.4, 0.5) is 0 Å². The van der Waals surface area contributed by atoms with Crippen LogP contribution in [0.2, 0.25) is 0 Å². The second-order valence-corrected chi connectivity index (χ2v) is 4.16. The Morgan fingerprint density at radius 2 is 2.11 bits per heavy atom. The molecule has 0 atom stereocenters. The van der Waals surface area contributed by atoms with Gasteiger partial charge < -0.3 is 15.0 Å². The van der Waals surface area contributed by atoms with Crippen LogP contribution in [0.1, 0.15) is 31.5 Å². The molecule has 1 heterocycles. The maximum Gasteiger partial charge on any atom is 0.303 e. The summed E-state index contributed by atoms with van der Waals surface area (Å²) in [5.74, 6) is 0.0842. The van der Waals surface area contributed by atoms with E-state index in [4.69, 9.17) is 5.11 Å². The Kier molecular flexibility index (Phi) is 5.90. The van der Waals surface area contributed by atoms with E-state index in [2.05, 4.69) is 10.3 Å². The van der Waals surface area contributed by atoms with E-state index >= 15 is 0 Å². The molecule has 0 radical (unpaired) electrons. The van der Waals surface area contributed by atoms with Crippen LogP contribution < -0.4 is 5.32 Å². The van der Waals surface area contributed by atoms with Crippen LogP contribution in [0.15, 0.2) is 12.4 Å². The third-order valence-corrected chi connectivity index (χ3v) is 2.64. The molecule has 0 aliphatic carbocycles. The van der Waals surface area contributed by atoms with Crippen LogP contribution in [0, 0.1) is 0 Å². The zero-order chi connectivity index (χ0) is 13.4. The summed E-state index contributed by atoms with van der Waals surface area (Å²) >= 11 is 0. The highest BCUT2D eigenvalue weighted by Gasteiger charge is 2.04. The molecule has 0 bridgehead atoms. The molecule has 2 N–H and O–H groups in total.